The largest absolute Gasteiger partial charge is 0.380 e. The van der Waals surface area contributed by atoms with Gasteiger partial charge < -0.3 is 24.8 Å². The third kappa shape index (κ3) is 6.28. The molecule has 0 radical (unpaired) electrons. The monoisotopic (exact) mass is 589 g/mol. The molecule has 2 N–H and O–H groups in total. The molecule has 3 aliphatic rings. The molecule has 0 bridgehead atoms. The minimum atomic E-state index is -0.499. The van der Waals surface area contributed by atoms with Crippen LogP contribution in [0.15, 0.2) is 47.4 Å². The molecule has 9 nitrogen and oxygen atoms in total. The van der Waals surface area contributed by atoms with Crippen LogP contribution in [0.5, 0.6) is 0 Å². The predicted octanol–water partition coefficient (Wildman–Crippen LogP) is 5.00. The summed E-state index contributed by atoms with van der Waals surface area (Å²) in [7, 11) is 1.66. The molecule has 1 aromatic carbocycles. The smallest absolute Gasteiger partial charge is 0.263 e. The van der Waals surface area contributed by atoms with Crippen molar-refractivity contribution in [1.29, 1.82) is 0 Å². The van der Waals surface area contributed by atoms with Crippen LogP contribution in [-0.4, -0.2) is 59.1 Å². The maximum atomic E-state index is 13.6. The van der Waals surface area contributed by atoms with Crippen LogP contribution in [0.1, 0.15) is 83.0 Å². The molecule has 0 spiro atoms. The van der Waals surface area contributed by atoms with E-state index in [9.17, 15) is 14.4 Å². The van der Waals surface area contributed by atoms with Gasteiger partial charge in [-0.2, -0.15) is 0 Å². The number of nitrogens with zero attached hydrogens (tertiary/aromatic N) is 3. The van der Waals surface area contributed by atoms with E-state index in [0.29, 0.717) is 35.4 Å². The van der Waals surface area contributed by atoms with Crippen molar-refractivity contribution < 1.29 is 14.3 Å². The van der Waals surface area contributed by atoms with Crippen molar-refractivity contribution in [2.75, 3.05) is 32.1 Å². The molecule has 1 saturated heterocycles. The molecule has 0 unspecified atom stereocenters. The molecule has 3 fully saturated rings. The Kier molecular flexibility index (Phi) is 8.16. The SMILES string of the molecule is CO[C@@H](C)CNCc1cc(C(=O)Nc2cc(-c3ccc(Cl)cc3C(=O)N3CCC3)cc(C3CC3)n2)c(=O)n(C2CC2)c1. The highest BCUT2D eigenvalue weighted by molar-refractivity contribution is 6.31. The minimum Gasteiger partial charge on any atom is -0.380 e. The van der Waals surface area contributed by atoms with Crippen LogP contribution in [0.3, 0.4) is 0 Å². The Hall–Kier alpha value is -3.53. The molecule has 2 aromatic heterocycles. The zero-order chi connectivity index (χ0) is 29.4. The van der Waals surface area contributed by atoms with Crippen molar-refractivity contribution in [3.63, 3.8) is 0 Å². The van der Waals surface area contributed by atoms with E-state index in [2.05, 4.69) is 10.6 Å². The fraction of sp³-hybridized carbons (Fsp3) is 0.438. The molecular weight excluding hydrogens is 554 g/mol. The van der Waals surface area contributed by atoms with Gasteiger partial charge in [-0.3, -0.25) is 14.4 Å². The Morgan fingerprint density at radius 1 is 1.10 bits per heavy atom. The maximum Gasteiger partial charge on any atom is 0.263 e. The summed E-state index contributed by atoms with van der Waals surface area (Å²) in [5.41, 5.74) is 3.55. The second kappa shape index (κ2) is 12.0. The lowest BCUT2D eigenvalue weighted by Gasteiger charge is -2.31. The highest BCUT2D eigenvalue weighted by Crippen LogP contribution is 2.41. The number of halogens is 1. The molecule has 2 aliphatic carbocycles. The average Bonchev–Trinajstić information content (AvgIpc) is 3.86. The molecule has 2 amide bonds. The molecule has 42 heavy (non-hydrogen) atoms. The summed E-state index contributed by atoms with van der Waals surface area (Å²) in [6.07, 6.45) is 6.77. The van der Waals surface area contributed by atoms with E-state index >= 15 is 0 Å². The number of hydrogen-bond donors (Lipinski definition) is 2. The van der Waals surface area contributed by atoms with Crippen molar-refractivity contribution in [3.05, 3.63) is 80.4 Å². The summed E-state index contributed by atoms with van der Waals surface area (Å²) in [5.74, 6) is 0.103. The first-order valence-electron chi connectivity index (χ1n) is 14.7. The average molecular weight is 590 g/mol. The van der Waals surface area contributed by atoms with Crippen LogP contribution >= 0.6 is 11.6 Å². The maximum absolute atomic E-state index is 13.6. The Morgan fingerprint density at radius 2 is 1.88 bits per heavy atom. The first-order chi connectivity index (χ1) is 20.3. The second-order valence-electron chi connectivity index (χ2n) is 11.6. The number of likely N-dealkylation sites (tertiary alicyclic amines) is 1. The van der Waals surface area contributed by atoms with Crippen LogP contribution in [-0.2, 0) is 11.3 Å². The molecule has 1 aliphatic heterocycles. The van der Waals surface area contributed by atoms with Gasteiger partial charge in [0.1, 0.15) is 11.4 Å². The summed E-state index contributed by atoms with van der Waals surface area (Å²) in [4.78, 5) is 46.8. The number of methoxy groups -OCH3 is 1. The number of aromatic nitrogens is 2. The van der Waals surface area contributed by atoms with Gasteiger partial charge in [0.15, 0.2) is 0 Å². The molecule has 2 saturated carbocycles. The highest BCUT2D eigenvalue weighted by atomic mass is 35.5. The van der Waals surface area contributed by atoms with E-state index in [1.807, 2.05) is 30.2 Å². The number of anilines is 1. The molecular formula is C32H36ClN5O4. The predicted molar refractivity (Wildman–Crippen MR) is 162 cm³/mol. The minimum absolute atomic E-state index is 0.0449. The van der Waals surface area contributed by atoms with Crippen molar-refractivity contribution in [2.24, 2.45) is 0 Å². The van der Waals surface area contributed by atoms with Gasteiger partial charge in [-0.15, -0.1) is 0 Å². The van der Waals surface area contributed by atoms with Crippen LogP contribution in [0.2, 0.25) is 5.02 Å². The number of carbonyl (C=O) groups excluding carboxylic acids is 2. The fourth-order valence-corrected chi connectivity index (χ4v) is 5.40. The summed E-state index contributed by atoms with van der Waals surface area (Å²) in [6.45, 7) is 4.59. The highest BCUT2D eigenvalue weighted by Gasteiger charge is 2.30. The Balaban J connectivity index is 1.31. The van der Waals surface area contributed by atoms with E-state index in [-0.39, 0.29) is 29.2 Å². The van der Waals surface area contributed by atoms with Gasteiger partial charge in [0, 0.05) is 67.7 Å². The number of ether oxygens (including phenoxy) is 1. The quantitative estimate of drug-likeness (QED) is 0.326. The topological polar surface area (TPSA) is 106 Å². The van der Waals surface area contributed by atoms with Gasteiger partial charge in [-0.1, -0.05) is 17.7 Å². The summed E-state index contributed by atoms with van der Waals surface area (Å²) in [5, 5.41) is 6.74. The zero-order valence-electron chi connectivity index (χ0n) is 24.0. The standard InChI is InChI=1S/C32H36ClN5O4/c1-19(42-2)16-34-17-20-12-27(32(41)38(18-20)24-7-8-24)30(39)36-29-14-22(13-28(35-29)21-4-5-21)25-9-6-23(33)15-26(25)31(40)37-10-3-11-37/h6,9,12-15,18-19,21,24,34H,3-5,7-8,10-11,16-17H2,1-2H3,(H,35,36,39)/t19-/m0/s1. The van der Waals surface area contributed by atoms with E-state index in [0.717, 1.165) is 67.6 Å². The fourth-order valence-electron chi connectivity index (χ4n) is 5.23. The van der Waals surface area contributed by atoms with Crippen LogP contribution < -0.4 is 16.2 Å². The van der Waals surface area contributed by atoms with Crippen LogP contribution in [0.4, 0.5) is 5.82 Å². The number of carbonyl (C=O) groups is 2. The van der Waals surface area contributed by atoms with E-state index < -0.39 is 5.91 Å². The van der Waals surface area contributed by atoms with Crippen molar-refractivity contribution in [2.45, 2.75) is 63.6 Å². The molecule has 6 rings (SSSR count). The van der Waals surface area contributed by atoms with Gasteiger partial charge >= 0.3 is 0 Å². The van der Waals surface area contributed by atoms with Crippen molar-refractivity contribution >= 4 is 29.2 Å². The van der Waals surface area contributed by atoms with Gasteiger partial charge in [-0.25, -0.2) is 4.98 Å². The molecule has 1 atom stereocenters. The van der Waals surface area contributed by atoms with Crippen LogP contribution in [0.25, 0.3) is 11.1 Å². The number of rotatable bonds is 11. The van der Waals surface area contributed by atoms with E-state index in [1.165, 1.54) is 0 Å². The lowest BCUT2D eigenvalue weighted by atomic mass is 9.97. The van der Waals surface area contributed by atoms with Gasteiger partial charge in [0.2, 0.25) is 0 Å². The summed E-state index contributed by atoms with van der Waals surface area (Å²) in [6, 6.07) is 10.9. The number of pyridine rings is 2. The van der Waals surface area contributed by atoms with E-state index in [4.69, 9.17) is 21.3 Å². The molecule has 10 heteroatoms. The van der Waals surface area contributed by atoms with E-state index in [1.54, 1.807) is 35.9 Å². The lowest BCUT2D eigenvalue weighted by Crippen LogP contribution is -2.42. The van der Waals surface area contributed by atoms with Crippen LogP contribution in [0, 0.1) is 0 Å². The molecule has 3 heterocycles. The third-order valence-corrected chi connectivity index (χ3v) is 8.43. The Bertz CT molecular complexity index is 1580. The number of amides is 2. The van der Waals surface area contributed by atoms with Gasteiger partial charge in [0.25, 0.3) is 17.4 Å². The number of benzene rings is 1. The summed E-state index contributed by atoms with van der Waals surface area (Å²) < 4.78 is 7.00. The molecule has 3 aromatic rings. The number of hydrogen-bond acceptors (Lipinski definition) is 6. The van der Waals surface area contributed by atoms with Crippen molar-refractivity contribution in [1.82, 2.24) is 19.8 Å². The third-order valence-electron chi connectivity index (χ3n) is 8.20. The van der Waals surface area contributed by atoms with Gasteiger partial charge in [-0.05, 0) is 86.1 Å². The van der Waals surface area contributed by atoms with Crippen molar-refractivity contribution in [3.8, 4) is 11.1 Å². The first kappa shape index (κ1) is 28.6. The summed E-state index contributed by atoms with van der Waals surface area (Å²) >= 11 is 6.31. The lowest BCUT2D eigenvalue weighted by molar-refractivity contribution is 0.0652. The Labute approximate surface area is 250 Å². The Morgan fingerprint density at radius 3 is 2.55 bits per heavy atom. The normalized spacial score (nSPS) is 17.1. The number of nitrogens with one attached hydrogen (secondary N) is 2. The zero-order valence-corrected chi connectivity index (χ0v) is 24.7. The van der Waals surface area contributed by atoms with Gasteiger partial charge in [0.05, 0.1) is 6.10 Å². The second-order valence-corrected chi connectivity index (χ2v) is 12.0. The molecule has 220 valence electrons. The first-order valence-corrected chi connectivity index (χ1v) is 15.1.